The largest absolute Gasteiger partial charge is 0.461 e. The molecule has 1 fully saturated rings. The van der Waals surface area contributed by atoms with Crippen LogP contribution in [0, 0.1) is 0 Å². The van der Waals surface area contributed by atoms with Crippen LogP contribution in [0.4, 0.5) is 9.59 Å². The van der Waals surface area contributed by atoms with E-state index in [9.17, 15) is 28.8 Å². The van der Waals surface area contributed by atoms with Gasteiger partial charge in [0.1, 0.15) is 63.3 Å². The van der Waals surface area contributed by atoms with E-state index in [0.29, 0.717) is 6.42 Å². The van der Waals surface area contributed by atoms with E-state index in [4.69, 9.17) is 37.9 Å². The van der Waals surface area contributed by atoms with Crippen molar-refractivity contribution in [1.29, 1.82) is 0 Å². The number of amides is 4. The molecule has 1 saturated heterocycles. The van der Waals surface area contributed by atoms with Crippen LogP contribution in [-0.2, 0) is 76.7 Å². The maximum atomic E-state index is 14.0. The first-order chi connectivity index (χ1) is 36.5. The lowest BCUT2D eigenvalue weighted by Crippen LogP contribution is -2.62. The average Bonchev–Trinajstić information content (AvgIpc) is 3.75. The summed E-state index contributed by atoms with van der Waals surface area (Å²) < 4.78 is 47.8. The second kappa shape index (κ2) is 28.1. The highest BCUT2D eigenvalue weighted by Gasteiger charge is 2.50. The van der Waals surface area contributed by atoms with E-state index in [-0.39, 0.29) is 45.4 Å². The van der Waals surface area contributed by atoms with Crippen molar-refractivity contribution >= 4 is 35.9 Å². The Morgan fingerprint density at radius 2 is 1.11 bits per heavy atom. The van der Waals surface area contributed by atoms with Crippen molar-refractivity contribution in [1.82, 2.24) is 21.3 Å². The third-order valence-electron chi connectivity index (χ3n) is 12.4. The summed E-state index contributed by atoms with van der Waals surface area (Å²) in [5.41, 5.74) is 6.52. The lowest BCUT2D eigenvalue weighted by Gasteiger charge is -2.45. The van der Waals surface area contributed by atoms with E-state index in [1.807, 2.05) is 122 Å². The van der Waals surface area contributed by atoms with E-state index in [1.54, 1.807) is 31.2 Å². The Balaban J connectivity index is 1.01. The molecule has 2 aliphatic rings. The van der Waals surface area contributed by atoms with Crippen LogP contribution in [-0.4, -0.2) is 118 Å². The summed E-state index contributed by atoms with van der Waals surface area (Å²) in [4.78, 5) is 79.9. The van der Waals surface area contributed by atoms with Gasteiger partial charge >= 0.3 is 24.1 Å². The molecule has 0 aromatic heterocycles. The van der Waals surface area contributed by atoms with Crippen LogP contribution in [0.3, 0.4) is 0 Å². The zero-order valence-corrected chi connectivity index (χ0v) is 42.2. The molecule has 0 radical (unpaired) electrons. The van der Waals surface area contributed by atoms with E-state index in [2.05, 4.69) is 21.3 Å². The molecule has 0 saturated carbocycles. The molecule has 18 heteroatoms. The van der Waals surface area contributed by atoms with Gasteiger partial charge in [-0.05, 0) is 59.2 Å². The Morgan fingerprint density at radius 3 is 1.73 bits per heavy atom. The van der Waals surface area contributed by atoms with Gasteiger partial charge < -0.3 is 59.2 Å². The van der Waals surface area contributed by atoms with Crippen molar-refractivity contribution < 1.29 is 66.7 Å². The van der Waals surface area contributed by atoms with Gasteiger partial charge in [-0.15, -0.1) is 0 Å². The highest BCUT2D eigenvalue weighted by Crippen LogP contribution is 2.44. The SMILES string of the molecule is CCCO[C@H]1[C@H](OC(=O)CNC(=O)[C@H](Cc2ccccc2)NC(=O)OCC2c3ccccc3-c3ccccc32)[C@@H](COC(=O)CNC(=O)[C@H](C)NC(=O)OCc2ccccc2)OC(OCC)[C@@H]1OCc1ccccc1. The maximum absolute atomic E-state index is 14.0. The van der Waals surface area contributed by atoms with Crippen molar-refractivity contribution in [3.63, 3.8) is 0 Å². The molecule has 0 spiro atoms. The van der Waals surface area contributed by atoms with Crippen LogP contribution in [0.5, 0.6) is 0 Å². The van der Waals surface area contributed by atoms with Gasteiger partial charge in [-0.25, -0.2) is 9.59 Å². The molecule has 1 aliphatic carbocycles. The summed E-state index contributed by atoms with van der Waals surface area (Å²) in [5, 5.41) is 10.2. The minimum atomic E-state index is -1.30. The number of hydrogen-bond donors (Lipinski definition) is 4. The number of ether oxygens (including phenoxy) is 8. The minimum absolute atomic E-state index is 0.00563. The molecule has 1 aliphatic heterocycles. The summed E-state index contributed by atoms with van der Waals surface area (Å²) >= 11 is 0. The van der Waals surface area contributed by atoms with Gasteiger partial charge in [0.15, 0.2) is 12.4 Å². The van der Waals surface area contributed by atoms with Gasteiger partial charge in [-0.1, -0.05) is 146 Å². The summed E-state index contributed by atoms with van der Waals surface area (Å²) in [7, 11) is 0. The maximum Gasteiger partial charge on any atom is 0.408 e. The van der Waals surface area contributed by atoms with Crippen molar-refractivity contribution in [3.8, 4) is 11.1 Å². The van der Waals surface area contributed by atoms with E-state index in [1.165, 1.54) is 6.92 Å². The Bertz CT molecular complexity index is 2610. The summed E-state index contributed by atoms with van der Waals surface area (Å²) in [6, 6.07) is 41.1. The molecule has 5 aromatic rings. The number of rotatable bonds is 25. The minimum Gasteiger partial charge on any atom is -0.461 e. The molecule has 0 bridgehead atoms. The smallest absolute Gasteiger partial charge is 0.408 e. The Labute approximate surface area is 436 Å². The van der Waals surface area contributed by atoms with Gasteiger partial charge in [0.2, 0.25) is 11.8 Å². The topological polar surface area (TPSA) is 224 Å². The second-order valence-corrected chi connectivity index (χ2v) is 17.8. The van der Waals surface area contributed by atoms with Crippen LogP contribution < -0.4 is 21.3 Å². The fourth-order valence-corrected chi connectivity index (χ4v) is 8.70. The number of carbonyl (C=O) groups excluding carboxylic acids is 6. The van der Waals surface area contributed by atoms with E-state index in [0.717, 1.165) is 38.9 Å². The fraction of sp³-hybridized carbons (Fsp3) is 0.368. The predicted octanol–water partition coefficient (Wildman–Crippen LogP) is 6.28. The molecular formula is C57H64N4O14. The molecule has 1 unspecified atom stereocenters. The third kappa shape index (κ3) is 15.9. The summed E-state index contributed by atoms with van der Waals surface area (Å²) in [6.07, 6.45) is -6.63. The lowest BCUT2D eigenvalue weighted by molar-refractivity contribution is -0.319. The Hall–Kier alpha value is -7.64. The van der Waals surface area contributed by atoms with Gasteiger partial charge in [0.05, 0.1) is 6.61 Å². The quantitative estimate of drug-likeness (QED) is 0.0373. The van der Waals surface area contributed by atoms with Gasteiger partial charge in [-0.2, -0.15) is 0 Å². The highest BCUT2D eigenvalue weighted by atomic mass is 16.7. The lowest BCUT2D eigenvalue weighted by atomic mass is 9.98. The van der Waals surface area contributed by atoms with E-state index >= 15 is 0 Å². The zero-order valence-electron chi connectivity index (χ0n) is 42.2. The average molecular weight is 1030 g/mol. The molecule has 7 atom stereocenters. The van der Waals surface area contributed by atoms with Gasteiger partial charge in [0.25, 0.3) is 0 Å². The first-order valence-corrected chi connectivity index (χ1v) is 25.1. The Kier molecular flexibility index (Phi) is 20.7. The number of benzene rings is 5. The molecule has 5 aromatic carbocycles. The molecule has 4 amide bonds. The Morgan fingerprint density at radius 1 is 0.547 bits per heavy atom. The fourth-order valence-electron chi connectivity index (χ4n) is 8.70. The molecular weight excluding hydrogens is 965 g/mol. The summed E-state index contributed by atoms with van der Waals surface area (Å²) in [5.74, 6) is -3.38. The third-order valence-corrected chi connectivity index (χ3v) is 12.4. The molecule has 7 rings (SSSR count). The first kappa shape index (κ1) is 55.1. The number of esters is 2. The second-order valence-electron chi connectivity index (χ2n) is 17.8. The number of nitrogens with one attached hydrogen (secondary N) is 4. The van der Waals surface area contributed by atoms with Gasteiger partial charge in [-0.3, -0.25) is 19.2 Å². The van der Waals surface area contributed by atoms with Crippen molar-refractivity contribution in [2.24, 2.45) is 0 Å². The van der Waals surface area contributed by atoms with Crippen molar-refractivity contribution in [3.05, 3.63) is 167 Å². The van der Waals surface area contributed by atoms with Crippen LogP contribution in [0.1, 0.15) is 60.9 Å². The molecule has 18 nitrogen and oxygen atoms in total. The van der Waals surface area contributed by atoms with E-state index < -0.39 is 98.4 Å². The van der Waals surface area contributed by atoms with Crippen molar-refractivity contribution in [2.75, 3.05) is 39.5 Å². The molecule has 75 heavy (non-hydrogen) atoms. The molecule has 4 N–H and O–H groups in total. The monoisotopic (exact) mass is 1030 g/mol. The van der Waals surface area contributed by atoms with Crippen LogP contribution in [0.15, 0.2) is 140 Å². The van der Waals surface area contributed by atoms with Gasteiger partial charge in [0, 0.05) is 25.6 Å². The van der Waals surface area contributed by atoms with Crippen LogP contribution in [0.2, 0.25) is 0 Å². The number of alkyl carbamates (subject to hydrolysis) is 2. The molecule has 1 heterocycles. The summed E-state index contributed by atoms with van der Waals surface area (Å²) in [6.45, 7) is 3.86. The number of fused-ring (bicyclic) bond motifs is 3. The number of carbonyl (C=O) groups is 6. The number of hydrogen-bond acceptors (Lipinski definition) is 14. The predicted molar refractivity (Wildman–Crippen MR) is 274 cm³/mol. The normalized spacial score (nSPS) is 18.5. The van der Waals surface area contributed by atoms with Crippen molar-refractivity contribution in [2.45, 2.75) is 95.5 Å². The molecule has 396 valence electrons. The first-order valence-electron chi connectivity index (χ1n) is 25.1. The highest BCUT2D eigenvalue weighted by molar-refractivity contribution is 5.89. The zero-order chi connectivity index (χ0) is 52.9. The van der Waals surface area contributed by atoms with Crippen LogP contribution >= 0.6 is 0 Å². The standard InChI is InChI=1S/C57H64N4O14/c1-4-29-69-51-50(75-49(63)32-59-54(65)46(30-38-19-9-6-10-20-38)61-57(67)73-35-45-43-27-17-15-25-41(43)42-26-16-18-28-44(42)45)47(74-55(68-5-2)52(51)71-33-39-21-11-7-12-22-39)36-70-48(62)31-58-53(64)37(3)60-56(66)72-34-40-23-13-8-14-24-40/h6-28,37,45-47,50-52,55H,4-5,29-36H2,1-3H3,(H,58,64)(H,59,65)(H,60,66)(H,61,67)/t37-,46-,47+,50+,51-,52+,55?/m0/s1. The van der Waals surface area contributed by atoms with Crippen LogP contribution in [0.25, 0.3) is 11.1 Å².